The molecule has 3 nitrogen and oxygen atoms in total. The lowest BCUT2D eigenvalue weighted by Gasteiger charge is -2.31. The maximum atomic E-state index is 11.4. The van der Waals surface area contributed by atoms with E-state index in [1.54, 1.807) is 0 Å². The molecule has 1 N–H and O–H groups in total. The zero-order valence-electron chi connectivity index (χ0n) is 9.13. The molecule has 16 heavy (non-hydrogen) atoms. The Morgan fingerprint density at radius 1 is 1.31 bits per heavy atom. The summed E-state index contributed by atoms with van der Waals surface area (Å²) in [5.41, 5.74) is 1.13. The van der Waals surface area contributed by atoms with Gasteiger partial charge in [0.1, 0.15) is 6.10 Å². The minimum atomic E-state index is -0.444. The van der Waals surface area contributed by atoms with E-state index in [-0.39, 0.29) is 12.1 Å². The normalized spacial score (nSPS) is 23.6. The van der Waals surface area contributed by atoms with Crippen molar-refractivity contribution >= 4 is 5.97 Å². The smallest absolute Gasteiger partial charge is 0.306 e. The third kappa shape index (κ3) is 2.83. The number of aliphatic hydroxyl groups excluding tert-OH is 1. The molecule has 0 radical (unpaired) electrons. The molecule has 0 aromatic heterocycles. The molecule has 1 aromatic carbocycles. The summed E-state index contributed by atoms with van der Waals surface area (Å²) < 4.78 is 5.13. The van der Waals surface area contributed by atoms with Crippen LogP contribution < -0.4 is 0 Å². The number of hydrogen-bond acceptors (Lipinski definition) is 3. The molecule has 0 heterocycles. The van der Waals surface area contributed by atoms with Crippen molar-refractivity contribution in [1.82, 2.24) is 0 Å². The highest BCUT2D eigenvalue weighted by atomic mass is 16.6. The Kier molecular flexibility index (Phi) is 3.57. The van der Waals surface area contributed by atoms with Crippen LogP contribution in [0.3, 0.4) is 0 Å². The second-order valence-corrected chi connectivity index (χ2v) is 4.16. The van der Waals surface area contributed by atoms with Crippen molar-refractivity contribution in [3.05, 3.63) is 35.9 Å². The molecule has 0 spiro atoms. The number of benzene rings is 1. The topological polar surface area (TPSA) is 46.5 Å². The maximum absolute atomic E-state index is 11.4. The van der Waals surface area contributed by atoms with E-state index in [0.717, 1.165) is 18.4 Å². The first kappa shape index (κ1) is 11.1. The lowest BCUT2D eigenvalue weighted by Crippen LogP contribution is -2.40. The highest BCUT2D eigenvalue weighted by Gasteiger charge is 2.31. The largest absolute Gasteiger partial charge is 0.460 e. The molecule has 0 bridgehead atoms. The van der Waals surface area contributed by atoms with Gasteiger partial charge in [0.2, 0.25) is 0 Å². The second kappa shape index (κ2) is 5.12. The fourth-order valence-electron chi connectivity index (χ4n) is 1.71. The Hall–Kier alpha value is -1.35. The number of hydrogen-bond donors (Lipinski definition) is 1. The van der Waals surface area contributed by atoms with Gasteiger partial charge in [-0.15, -0.1) is 0 Å². The van der Waals surface area contributed by atoms with Gasteiger partial charge in [0.05, 0.1) is 6.10 Å². The molecule has 1 saturated carbocycles. The van der Waals surface area contributed by atoms with E-state index < -0.39 is 6.10 Å². The Balaban J connectivity index is 1.72. The zero-order chi connectivity index (χ0) is 11.4. The SMILES string of the molecule is O=C(CCc1ccccc1)OC1CCC1O. The van der Waals surface area contributed by atoms with Crippen LogP contribution in [0.4, 0.5) is 0 Å². The predicted octanol–water partition coefficient (Wildman–Crippen LogP) is 1.69. The number of esters is 1. The van der Waals surface area contributed by atoms with Gasteiger partial charge >= 0.3 is 5.97 Å². The van der Waals surface area contributed by atoms with Crippen molar-refractivity contribution in [2.75, 3.05) is 0 Å². The van der Waals surface area contributed by atoms with Gasteiger partial charge in [0, 0.05) is 6.42 Å². The zero-order valence-corrected chi connectivity index (χ0v) is 9.13. The van der Waals surface area contributed by atoms with Crippen LogP contribution in [0.15, 0.2) is 30.3 Å². The van der Waals surface area contributed by atoms with Gasteiger partial charge in [-0.05, 0) is 24.8 Å². The highest BCUT2D eigenvalue weighted by molar-refractivity contribution is 5.70. The van der Waals surface area contributed by atoms with Crippen molar-refractivity contribution in [1.29, 1.82) is 0 Å². The van der Waals surface area contributed by atoms with E-state index in [1.165, 1.54) is 0 Å². The molecule has 3 heteroatoms. The summed E-state index contributed by atoms with van der Waals surface area (Å²) in [6.45, 7) is 0. The molecule has 0 saturated heterocycles. The molecule has 2 unspecified atom stereocenters. The Morgan fingerprint density at radius 2 is 2.06 bits per heavy atom. The predicted molar refractivity (Wildman–Crippen MR) is 59.9 cm³/mol. The van der Waals surface area contributed by atoms with Gasteiger partial charge in [-0.1, -0.05) is 30.3 Å². The lowest BCUT2D eigenvalue weighted by atomic mass is 9.92. The van der Waals surface area contributed by atoms with Crippen LogP contribution >= 0.6 is 0 Å². The summed E-state index contributed by atoms with van der Waals surface area (Å²) in [6, 6.07) is 9.84. The molecule has 1 aliphatic carbocycles. The van der Waals surface area contributed by atoms with Crippen molar-refractivity contribution in [2.24, 2.45) is 0 Å². The first-order valence-electron chi connectivity index (χ1n) is 5.67. The standard InChI is InChI=1S/C13H16O3/c14-11-7-8-12(11)16-13(15)9-6-10-4-2-1-3-5-10/h1-5,11-12,14H,6-9H2. The van der Waals surface area contributed by atoms with E-state index in [0.29, 0.717) is 12.8 Å². The van der Waals surface area contributed by atoms with E-state index in [9.17, 15) is 9.90 Å². The molecule has 86 valence electrons. The summed E-state index contributed by atoms with van der Waals surface area (Å²) in [5, 5.41) is 9.26. The molecular formula is C13H16O3. The van der Waals surface area contributed by atoms with Crippen LogP contribution in [0.25, 0.3) is 0 Å². The van der Waals surface area contributed by atoms with Crippen LogP contribution in [-0.2, 0) is 16.0 Å². The number of rotatable bonds is 4. The molecular weight excluding hydrogens is 204 g/mol. The molecule has 2 rings (SSSR count). The van der Waals surface area contributed by atoms with Crippen molar-refractivity contribution < 1.29 is 14.6 Å². The molecule has 2 atom stereocenters. The van der Waals surface area contributed by atoms with Gasteiger partial charge < -0.3 is 9.84 Å². The number of carbonyl (C=O) groups excluding carboxylic acids is 1. The van der Waals surface area contributed by atoms with Crippen LogP contribution in [0.1, 0.15) is 24.8 Å². The minimum absolute atomic E-state index is 0.215. The average molecular weight is 220 g/mol. The van der Waals surface area contributed by atoms with Gasteiger partial charge in [-0.25, -0.2) is 0 Å². The third-order valence-electron chi connectivity index (χ3n) is 2.92. The number of ether oxygens (including phenoxy) is 1. The molecule has 1 aliphatic rings. The van der Waals surface area contributed by atoms with Crippen LogP contribution in [-0.4, -0.2) is 23.3 Å². The Bertz CT molecular complexity index is 347. The summed E-state index contributed by atoms with van der Waals surface area (Å²) in [4.78, 5) is 11.4. The van der Waals surface area contributed by atoms with E-state index in [1.807, 2.05) is 30.3 Å². The summed E-state index contributed by atoms with van der Waals surface area (Å²) in [7, 11) is 0. The van der Waals surface area contributed by atoms with Crippen molar-refractivity contribution in [2.45, 2.75) is 37.9 Å². The lowest BCUT2D eigenvalue weighted by molar-refractivity contribution is -0.164. The third-order valence-corrected chi connectivity index (χ3v) is 2.92. The monoisotopic (exact) mass is 220 g/mol. The molecule has 1 fully saturated rings. The van der Waals surface area contributed by atoms with E-state index in [2.05, 4.69) is 0 Å². The second-order valence-electron chi connectivity index (χ2n) is 4.16. The minimum Gasteiger partial charge on any atom is -0.460 e. The number of aryl methyl sites for hydroxylation is 1. The van der Waals surface area contributed by atoms with Gasteiger partial charge in [0.15, 0.2) is 0 Å². The van der Waals surface area contributed by atoms with Crippen molar-refractivity contribution in [3.8, 4) is 0 Å². The van der Waals surface area contributed by atoms with Crippen molar-refractivity contribution in [3.63, 3.8) is 0 Å². The van der Waals surface area contributed by atoms with Gasteiger partial charge in [-0.3, -0.25) is 4.79 Å². The molecule has 0 aliphatic heterocycles. The van der Waals surface area contributed by atoms with Crippen LogP contribution in [0, 0.1) is 0 Å². The quantitative estimate of drug-likeness (QED) is 0.785. The van der Waals surface area contributed by atoms with Crippen LogP contribution in [0.5, 0.6) is 0 Å². The summed E-state index contributed by atoms with van der Waals surface area (Å²) in [5.74, 6) is -0.215. The number of aliphatic hydroxyl groups is 1. The molecule has 0 amide bonds. The number of carbonyl (C=O) groups is 1. The maximum Gasteiger partial charge on any atom is 0.306 e. The summed E-state index contributed by atoms with van der Waals surface area (Å²) in [6.07, 6.45) is 1.91. The Labute approximate surface area is 95.0 Å². The first-order valence-corrected chi connectivity index (χ1v) is 5.67. The average Bonchev–Trinajstić information content (AvgIpc) is 2.33. The van der Waals surface area contributed by atoms with Crippen LogP contribution in [0.2, 0.25) is 0 Å². The molecule has 1 aromatic rings. The fraction of sp³-hybridized carbons (Fsp3) is 0.462. The van der Waals surface area contributed by atoms with Gasteiger partial charge in [0.25, 0.3) is 0 Å². The summed E-state index contributed by atoms with van der Waals surface area (Å²) >= 11 is 0. The van der Waals surface area contributed by atoms with Gasteiger partial charge in [-0.2, -0.15) is 0 Å². The van der Waals surface area contributed by atoms with E-state index in [4.69, 9.17) is 4.74 Å². The Morgan fingerprint density at radius 3 is 2.62 bits per heavy atom. The fourth-order valence-corrected chi connectivity index (χ4v) is 1.71. The highest BCUT2D eigenvalue weighted by Crippen LogP contribution is 2.23. The van der Waals surface area contributed by atoms with E-state index >= 15 is 0 Å². The first-order chi connectivity index (χ1) is 7.75.